The van der Waals surface area contributed by atoms with E-state index in [0.717, 1.165) is 17.4 Å². The second-order valence-corrected chi connectivity index (χ2v) is 6.31. The van der Waals surface area contributed by atoms with Gasteiger partial charge in [0.25, 0.3) is 0 Å². The summed E-state index contributed by atoms with van der Waals surface area (Å²) in [4.78, 5) is 10.7. The molecule has 0 heterocycles. The van der Waals surface area contributed by atoms with Gasteiger partial charge < -0.3 is 19.3 Å². The van der Waals surface area contributed by atoms with Crippen LogP contribution in [0.3, 0.4) is 0 Å². The third-order valence-electron chi connectivity index (χ3n) is 3.67. The maximum absolute atomic E-state index is 10.7. The molecule has 2 aromatic carbocycles. The molecule has 0 unspecified atom stereocenters. The zero-order valence-corrected chi connectivity index (χ0v) is 16.4. The van der Waals surface area contributed by atoms with Crippen LogP contribution in [0.2, 0.25) is 5.02 Å². The number of rotatable bonds is 9. The first-order valence-electron chi connectivity index (χ1n) is 8.61. The smallest absolute Gasteiger partial charge is 0.328 e. The summed E-state index contributed by atoms with van der Waals surface area (Å²) in [7, 11) is 0. The van der Waals surface area contributed by atoms with Gasteiger partial charge in [-0.3, -0.25) is 0 Å². The third kappa shape index (κ3) is 6.22. The van der Waals surface area contributed by atoms with Crippen molar-refractivity contribution < 1.29 is 24.1 Å². The van der Waals surface area contributed by atoms with Gasteiger partial charge in [-0.2, -0.15) is 0 Å². The highest BCUT2D eigenvalue weighted by Crippen LogP contribution is 2.37. The van der Waals surface area contributed by atoms with Crippen molar-refractivity contribution in [3.05, 3.63) is 58.1 Å². The lowest BCUT2D eigenvalue weighted by atomic mass is 10.1. The number of benzene rings is 2. The molecule has 27 heavy (non-hydrogen) atoms. The van der Waals surface area contributed by atoms with Gasteiger partial charge in [-0.25, -0.2) is 4.79 Å². The molecule has 0 bridgehead atoms. The lowest BCUT2D eigenvalue weighted by molar-refractivity contribution is -0.131. The highest BCUT2D eigenvalue weighted by atomic mass is 35.5. The Morgan fingerprint density at radius 1 is 1.07 bits per heavy atom. The topological polar surface area (TPSA) is 65.0 Å². The fourth-order valence-corrected chi connectivity index (χ4v) is 2.78. The molecule has 144 valence electrons. The summed E-state index contributed by atoms with van der Waals surface area (Å²) in [6.07, 6.45) is 2.49. The number of aliphatic carboxylic acids is 1. The second-order valence-electron chi connectivity index (χ2n) is 5.90. The first-order valence-corrected chi connectivity index (χ1v) is 8.98. The lowest BCUT2D eigenvalue weighted by Gasteiger charge is -2.15. The van der Waals surface area contributed by atoms with Gasteiger partial charge in [0.2, 0.25) is 0 Å². The van der Waals surface area contributed by atoms with Crippen LogP contribution < -0.4 is 14.2 Å². The summed E-state index contributed by atoms with van der Waals surface area (Å²) < 4.78 is 17.1. The SMILES string of the molecule is CCOc1cc(C=CC(=O)O)cc(Cl)c1OCCOc1ccc(C)cc1C. The normalized spacial score (nSPS) is 10.8. The number of carbonyl (C=O) groups is 1. The van der Waals surface area contributed by atoms with E-state index in [0.29, 0.717) is 35.3 Å². The molecule has 5 nitrogen and oxygen atoms in total. The van der Waals surface area contributed by atoms with Crippen LogP contribution in [0, 0.1) is 13.8 Å². The number of aryl methyl sites for hydroxylation is 2. The fourth-order valence-electron chi connectivity index (χ4n) is 2.51. The molecule has 6 heteroatoms. The zero-order chi connectivity index (χ0) is 19.8. The number of halogens is 1. The molecule has 0 saturated carbocycles. The van der Waals surface area contributed by atoms with E-state index < -0.39 is 5.97 Å². The first kappa shape index (κ1) is 20.6. The maximum atomic E-state index is 10.7. The number of carboxylic acid groups (broad SMARTS) is 1. The number of hydrogen-bond acceptors (Lipinski definition) is 4. The van der Waals surface area contributed by atoms with Crippen LogP contribution in [0.1, 0.15) is 23.6 Å². The highest BCUT2D eigenvalue weighted by molar-refractivity contribution is 6.32. The fraction of sp³-hybridized carbons (Fsp3) is 0.286. The van der Waals surface area contributed by atoms with E-state index in [1.807, 2.05) is 32.9 Å². The summed E-state index contributed by atoms with van der Waals surface area (Å²) >= 11 is 6.30. The summed E-state index contributed by atoms with van der Waals surface area (Å²) in [5.41, 5.74) is 2.86. The van der Waals surface area contributed by atoms with Crippen LogP contribution in [0.4, 0.5) is 0 Å². The molecule has 0 aliphatic carbocycles. The van der Waals surface area contributed by atoms with Crippen molar-refractivity contribution >= 4 is 23.6 Å². The summed E-state index contributed by atoms with van der Waals surface area (Å²) in [6.45, 7) is 6.95. The van der Waals surface area contributed by atoms with E-state index >= 15 is 0 Å². The minimum Gasteiger partial charge on any atom is -0.490 e. The van der Waals surface area contributed by atoms with Gasteiger partial charge in [-0.1, -0.05) is 29.3 Å². The molecule has 0 spiro atoms. The van der Waals surface area contributed by atoms with Crippen LogP contribution in [0.15, 0.2) is 36.4 Å². The summed E-state index contributed by atoms with van der Waals surface area (Å²) in [5, 5.41) is 9.10. The molecule has 0 aliphatic heterocycles. The lowest BCUT2D eigenvalue weighted by Crippen LogP contribution is -2.11. The van der Waals surface area contributed by atoms with Crippen molar-refractivity contribution in [2.24, 2.45) is 0 Å². The molecule has 2 rings (SSSR count). The van der Waals surface area contributed by atoms with Gasteiger partial charge in [-0.05, 0) is 56.2 Å². The van der Waals surface area contributed by atoms with E-state index in [1.54, 1.807) is 12.1 Å². The van der Waals surface area contributed by atoms with Crippen molar-refractivity contribution in [3.63, 3.8) is 0 Å². The Morgan fingerprint density at radius 3 is 2.48 bits per heavy atom. The summed E-state index contributed by atoms with van der Waals surface area (Å²) in [6, 6.07) is 9.31. The van der Waals surface area contributed by atoms with E-state index in [4.69, 9.17) is 30.9 Å². The molecule has 0 saturated heterocycles. The number of carboxylic acids is 1. The highest BCUT2D eigenvalue weighted by Gasteiger charge is 2.12. The van der Waals surface area contributed by atoms with Crippen molar-refractivity contribution in [3.8, 4) is 17.2 Å². The Balaban J connectivity index is 2.04. The van der Waals surface area contributed by atoms with Gasteiger partial charge in [0.15, 0.2) is 11.5 Å². The van der Waals surface area contributed by atoms with Crippen molar-refractivity contribution in [2.75, 3.05) is 19.8 Å². The van der Waals surface area contributed by atoms with Gasteiger partial charge >= 0.3 is 5.97 Å². The minimum absolute atomic E-state index is 0.289. The van der Waals surface area contributed by atoms with Crippen LogP contribution in [0.25, 0.3) is 6.08 Å². The van der Waals surface area contributed by atoms with Crippen LogP contribution in [0.5, 0.6) is 17.2 Å². The average Bonchev–Trinajstić information content (AvgIpc) is 2.60. The molecular formula is C21H23ClO5. The molecule has 0 aromatic heterocycles. The van der Waals surface area contributed by atoms with Gasteiger partial charge in [0.1, 0.15) is 19.0 Å². The molecule has 0 fully saturated rings. The van der Waals surface area contributed by atoms with Crippen molar-refractivity contribution in [1.29, 1.82) is 0 Å². The largest absolute Gasteiger partial charge is 0.490 e. The van der Waals surface area contributed by atoms with Gasteiger partial charge in [-0.15, -0.1) is 0 Å². The van der Waals surface area contributed by atoms with E-state index in [1.165, 1.54) is 11.6 Å². The van der Waals surface area contributed by atoms with Crippen LogP contribution in [-0.4, -0.2) is 30.9 Å². The zero-order valence-electron chi connectivity index (χ0n) is 15.6. The predicted octanol–water partition coefficient (Wildman–Crippen LogP) is 4.91. The maximum Gasteiger partial charge on any atom is 0.328 e. The monoisotopic (exact) mass is 390 g/mol. The van der Waals surface area contributed by atoms with Gasteiger partial charge in [0.05, 0.1) is 11.6 Å². The Kier molecular flexibility index (Phi) is 7.55. The summed E-state index contributed by atoms with van der Waals surface area (Å²) in [5.74, 6) is 0.652. The Morgan fingerprint density at radius 2 is 1.81 bits per heavy atom. The first-order chi connectivity index (χ1) is 12.9. The van der Waals surface area contributed by atoms with E-state index in [-0.39, 0.29) is 6.61 Å². The average molecular weight is 391 g/mol. The number of hydrogen-bond donors (Lipinski definition) is 1. The molecule has 0 amide bonds. The standard InChI is InChI=1S/C21H23ClO5/c1-4-25-19-13-16(6-8-20(23)24)12-17(22)21(19)27-10-9-26-18-7-5-14(2)11-15(18)3/h5-8,11-13H,4,9-10H2,1-3H3,(H,23,24). The molecule has 0 atom stereocenters. The van der Waals surface area contributed by atoms with Crippen molar-refractivity contribution in [2.45, 2.75) is 20.8 Å². The Bertz CT molecular complexity index is 830. The molecule has 1 N–H and O–H groups in total. The Hall–Kier alpha value is -2.66. The molecule has 2 aromatic rings. The third-order valence-corrected chi connectivity index (χ3v) is 3.95. The van der Waals surface area contributed by atoms with Crippen LogP contribution in [-0.2, 0) is 4.79 Å². The second kappa shape index (κ2) is 9.88. The Labute approximate surface area is 164 Å². The minimum atomic E-state index is -1.03. The van der Waals surface area contributed by atoms with E-state index in [9.17, 15) is 4.79 Å². The van der Waals surface area contributed by atoms with Crippen molar-refractivity contribution in [1.82, 2.24) is 0 Å². The molecule has 0 radical (unpaired) electrons. The molecule has 0 aliphatic rings. The number of ether oxygens (including phenoxy) is 3. The predicted molar refractivity (Wildman–Crippen MR) is 106 cm³/mol. The van der Waals surface area contributed by atoms with Crippen LogP contribution >= 0.6 is 11.6 Å². The quantitative estimate of drug-likeness (QED) is 0.486. The van der Waals surface area contributed by atoms with Gasteiger partial charge in [0, 0.05) is 6.08 Å². The van der Waals surface area contributed by atoms with E-state index in [2.05, 4.69) is 6.07 Å². The molecular weight excluding hydrogens is 368 g/mol.